The van der Waals surface area contributed by atoms with E-state index in [1.165, 1.54) is 16.0 Å². The molecule has 1 N–H and O–H groups in total. The molecule has 1 aromatic carbocycles. The number of nitrogens with one attached hydrogen (secondary N) is 1. The van der Waals surface area contributed by atoms with E-state index in [-0.39, 0.29) is 0 Å². The third kappa shape index (κ3) is 3.02. The van der Waals surface area contributed by atoms with Gasteiger partial charge in [-0.25, -0.2) is 9.97 Å². The zero-order chi connectivity index (χ0) is 13.2. The standard InChI is InChI=1S/C12H10ClN3S3/c1-17-12-16-9-3-2-7(4-10(9)19-12)14-5-8-6-15-11(13)18-8/h2-4,6,14H,5H2,1H3. The molecule has 0 saturated heterocycles. The fourth-order valence-electron chi connectivity index (χ4n) is 1.66. The van der Waals surface area contributed by atoms with Crippen LogP contribution in [0.1, 0.15) is 4.88 Å². The van der Waals surface area contributed by atoms with Crippen molar-refractivity contribution in [3.8, 4) is 0 Å². The second-order valence-electron chi connectivity index (χ2n) is 3.80. The monoisotopic (exact) mass is 327 g/mol. The number of thiazole rings is 2. The Kier molecular flexibility index (Phi) is 3.93. The average Bonchev–Trinajstić information content (AvgIpc) is 3.01. The van der Waals surface area contributed by atoms with Gasteiger partial charge in [0.25, 0.3) is 0 Å². The van der Waals surface area contributed by atoms with Gasteiger partial charge in [0.1, 0.15) is 0 Å². The number of hydrogen-bond donors (Lipinski definition) is 1. The molecule has 2 aromatic heterocycles. The lowest BCUT2D eigenvalue weighted by Gasteiger charge is -2.03. The van der Waals surface area contributed by atoms with Crippen molar-refractivity contribution in [2.24, 2.45) is 0 Å². The van der Waals surface area contributed by atoms with E-state index in [1.54, 1.807) is 29.3 Å². The molecule has 0 saturated carbocycles. The minimum Gasteiger partial charge on any atom is -0.380 e. The topological polar surface area (TPSA) is 37.8 Å². The van der Waals surface area contributed by atoms with Crippen LogP contribution in [0.15, 0.2) is 28.7 Å². The summed E-state index contributed by atoms with van der Waals surface area (Å²) in [6.07, 6.45) is 3.85. The number of nitrogens with zero attached hydrogens (tertiary/aromatic N) is 2. The van der Waals surface area contributed by atoms with Crippen molar-refractivity contribution >= 4 is 61.9 Å². The van der Waals surface area contributed by atoms with Gasteiger partial charge in [0.05, 0.1) is 16.8 Å². The first-order chi connectivity index (χ1) is 9.24. The van der Waals surface area contributed by atoms with E-state index in [0.29, 0.717) is 4.47 Å². The summed E-state index contributed by atoms with van der Waals surface area (Å²) in [5.41, 5.74) is 2.15. The molecule has 0 radical (unpaired) electrons. The number of halogens is 1. The normalized spacial score (nSPS) is 11.1. The molecule has 2 heterocycles. The van der Waals surface area contributed by atoms with Crippen LogP contribution in [0, 0.1) is 0 Å². The largest absolute Gasteiger partial charge is 0.380 e. The molecule has 0 unspecified atom stereocenters. The molecule has 19 heavy (non-hydrogen) atoms. The third-order valence-electron chi connectivity index (χ3n) is 2.54. The minimum absolute atomic E-state index is 0.583. The average molecular weight is 328 g/mol. The van der Waals surface area contributed by atoms with Crippen molar-refractivity contribution in [1.82, 2.24) is 9.97 Å². The minimum atomic E-state index is 0.583. The van der Waals surface area contributed by atoms with E-state index >= 15 is 0 Å². The molecule has 0 aliphatic carbocycles. The number of thioether (sulfide) groups is 1. The first kappa shape index (κ1) is 13.2. The lowest BCUT2D eigenvalue weighted by atomic mass is 10.3. The van der Waals surface area contributed by atoms with Gasteiger partial charge in [-0.05, 0) is 24.5 Å². The molecule has 0 amide bonds. The zero-order valence-electron chi connectivity index (χ0n) is 10.0. The van der Waals surface area contributed by atoms with Crippen LogP contribution < -0.4 is 5.32 Å². The maximum atomic E-state index is 5.81. The Morgan fingerprint density at radius 1 is 1.37 bits per heavy atom. The Bertz CT molecular complexity index is 707. The lowest BCUT2D eigenvalue weighted by Crippen LogP contribution is -1.96. The van der Waals surface area contributed by atoms with Crippen LogP contribution >= 0.6 is 46.0 Å². The van der Waals surface area contributed by atoms with Gasteiger partial charge in [0.2, 0.25) is 0 Å². The van der Waals surface area contributed by atoms with Gasteiger partial charge in [0.15, 0.2) is 8.81 Å². The molecule has 0 fully saturated rings. The summed E-state index contributed by atoms with van der Waals surface area (Å²) in [5, 5.41) is 3.38. The fraction of sp³-hybridized carbons (Fsp3) is 0.167. The first-order valence-corrected chi connectivity index (χ1v) is 8.77. The van der Waals surface area contributed by atoms with Crippen molar-refractivity contribution in [3.05, 3.63) is 33.7 Å². The van der Waals surface area contributed by atoms with E-state index in [9.17, 15) is 0 Å². The molecule has 3 rings (SSSR count). The molecule has 0 bridgehead atoms. The highest BCUT2D eigenvalue weighted by Crippen LogP contribution is 2.30. The Balaban J connectivity index is 1.77. The van der Waals surface area contributed by atoms with Crippen molar-refractivity contribution in [2.75, 3.05) is 11.6 Å². The van der Waals surface area contributed by atoms with Gasteiger partial charge in [-0.15, -0.1) is 22.7 Å². The van der Waals surface area contributed by atoms with Gasteiger partial charge in [-0.3, -0.25) is 0 Å². The molecule has 3 aromatic rings. The smallest absolute Gasteiger partial charge is 0.183 e. The molecule has 7 heteroatoms. The quantitative estimate of drug-likeness (QED) is 0.702. The maximum Gasteiger partial charge on any atom is 0.183 e. The van der Waals surface area contributed by atoms with Crippen LogP contribution in [-0.2, 0) is 6.54 Å². The van der Waals surface area contributed by atoms with Crippen LogP contribution in [-0.4, -0.2) is 16.2 Å². The predicted octanol–water partition coefficient (Wildman–Crippen LogP) is 4.74. The number of fused-ring (bicyclic) bond motifs is 1. The van der Waals surface area contributed by atoms with E-state index in [0.717, 1.165) is 27.0 Å². The van der Waals surface area contributed by atoms with Gasteiger partial charge >= 0.3 is 0 Å². The van der Waals surface area contributed by atoms with Crippen LogP contribution in [0.5, 0.6) is 0 Å². The third-order valence-corrected chi connectivity index (χ3v) is 5.65. The summed E-state index contributed by atoms with van der Waals surface area (Å²) < 4.78 is 2.89. The van der Waals surface area contributed by atoms with E-state index in [4.69, 9.17) is 11.6 Å². The van der Waals surface area contributed by atoms with Gasteiger partial charge in [-0.1, -0.05) is 23.4 Å². The number of rotatable bonds is 4. The van der Waals surface area contributed by atoms with Gasteiger partial charge in [-0.2, -0.15) is 0 Å². The predicted molar refractivity (Wildman–Crippen MR) is 85.9 cm³/mol. The molecule has 0 aliphatic rings. The summed E-state index contributed by atoms with van der Waals surface area (Å²) in [4.78, 5) is 9.67. The van der Waals surface area contributed by atoms with Gasteiger partial charge < -0.3 is 5.32 Å². The molecule has 3 nitrogen and oxygen atoms in total. The summed E-state index contributed by atoms with van der Waals surface area (Å²) in [7, 11) is 0. The summed E-state index contributed by atoms with van der Waals surface area (Å²) in [6.45, 7) is 0.740. The molecule has 0 aliphatic heterocycles. The fourth-order valence-corrected chi connectivity index (χ4v) is 4.10. The molecular weight excluding hydrogens is 318 g/mol. The van der Waals surface area contributed by atoms with Crippen LogP contribution in [0.25, 0.3) is 10.2 Å². The van der Waals surface area contributed by atoms with Crippen molar-refractivity contribution in [2.45, 2.75) is 10.9 Å². The molecular formula is C12H10ClN3S3. The van der Waals surface area contributed by atoms with Crippen molar-refractivity contribution < 1.29 is 0 Å². The summed E-state index contributed by atoms with van der Waals surface area (Å²) in [5.74, 6) is 0. The van der Waals surface area contributed by atoms with Crippen LogP contribution in [0.2, 0.25) is 4.47 Å². The van der Waals surface area contributed by atoms with Crippen LogP contribution in [0.3, 0.4) is 0 Å². The molecule has 98 valence electrons. The van der Waals surface area contributed by atoms with Gasteiger partial charge in [0, 0.05) is 16.8 Å². The second-order valence-corrected chi connectivity index (χ2v) is 7.58. The zero-order valence-corrected chi connectivity index (χ0v) is 13.2. The highest BCUT2D eigenvalue weighted by molar-refractivity contribution is 8.00. The van der Waals surface area contributed by atoms with E-state index in [2.05, 4.69) is 27.4 Å². The maximum absolute atomic E-state index is 5.81. The van der Waals surface area contributed by atoms with E-state index in [1.807, 2.05) is 12.3 Å². The highest BCUT2D eigenvalue weighted by Gasteiger charge is 2.04. The Hall–Kier alpha value is -0.820. The number of aromatic nitrogens is 2. The second kappa shape index (κ2) is 5.66. The Morgan fingerprint density at radius 3 is 3.00 bits per heavy atom. The Labute approximate surface area is 128 Å². The molecule has 0 spiro atoms. The number of benzene rings is 1. The number of anilines is 1. The molecule has 0 atom stereocenters. The van der Waals surface area contributed by atoms with Crippen molar-refractivity contribution in [3.63, 3.8) is 0 Å². The summed E-state index contributed by atoms with van der Waals surface area (Å²) >= 11 is 10.7. The number of hydrogen-bond acceptors (Lipinski definition) is 6. The lowest BCUT2D eigenvalue weighted by molar-refractivity contribution is 1.18. The first-order valence-electron chi connectivity index (χ1n) is 5.53. The van der Waals surface area contributed by atoms with Crippen LogP contribution in [0.4, 0.5) is 5.69 Å². The Morgan fingerprint density at radius 2 is 2.26 bits per heavy atom. The summed E-state index contributed by atoms with van der Waals surface area (Å²) in [6, 6.07) is 6.23. The highest BCUT2D eigenvalue weighted by atomic mass is 35.5. The SMILES string of the molecule is CSc1nc2ccc(NCc3cnc(Cl)s3)cc2s1. The van der Waals surface area contributed by atoms with Crippen molar-refractivity contribution in [1.29, 1.82) is 0 Å². The van der Waals surface area contributed by atoms with E-state index < -0.39 is 0 Å².